The van der Waals surface area contributed by atoms with E-state index in [1.807, 2.05) is 6.92 Å². The summed E-state index contributed by atoms with van der Waals surface area (Å²) in [6.45, 7) is 11.3. The molecule has 0 aliphatic heterocycles. The Balaban J connectivity index is 2.82. The summed E-state index contributed by atoms with van der Waals surface area (Å²) < 4.78 is 0. The third kappa shape index (κ3) is 4.54. The molecule has 0 saturated carbocycles. The van der Waals surface area contributed by atoms with Gasteiger partial charge in [-0.25, -0.2) is 0 Å². The SMILES string of the molecule is CCCNc1cnccc1C(=O)NC(C)C(C)(C)C. The van der Waals surface area contributed by atoms with Crippen LogP contribution in [-0.4, -0.2) is 23.5 Å². The Bertz CT molecular complexity index is 424. The number of rotatable bonds is 5. The molecule has 0 spiro atoms. The van der Waals surface area contributed by atoms with Crippen LogP contribution in [0.25, 0.3) is 0 Å². The van der Waals surface area contributed by atoms with Gasteiger partial charge in [-0.3, -0.25) is 9.78 Å². The number of carbonyl (C=O) groups excluding carboxylic acids is 1. The summed E-state index contributed by atoms with van der Waals surface area (Å²) in [5.74, 6) is -0.0524. The zero-order valence-corrected chi connectivity index (χ0v) is 12.6. The lowest BCUT2D eigenvalue weighted by molar-refractivity contribution is 0.0911. The number of carbonyl (C=O) groups is 1. The number of anilines is 1. The minimum absolute atomic E-state index is 0.0414. The standard InChI is InChI=1S/C15H25N3O/c1-6-8-17-13-10-16-9-7-12(13)14(19)18-11(2)15(3,4)5/h7,9-11,17H,6,8H2,1-5H3,(H,18,19). The molecule has 0 bridgehead atoms. The van der Waals surface area contributed by atoms with E-state index < -0.39 is 0 Å². The molecule has 1 atom stereocenters. The lowest BCUT2D eigenvalue weighted by Gasteiger charge is -2.28. The predicted molar refractivity (Wildman–Crippen MR) is 79.4 cm³/mol. The number of nitrogens with zero attached hydrogens (tertiary/aromatic N) is 1. The molecule has 1 unspecified atom stereocenters. The number of hydrogen-bond acceptors (Lipinski definition) is 3. The van der Waals surface area contributed by atoms with Crippen molar-refractivity contribution in [1.29, 1.82) is 0 Å². The molecule has 4 heteroatoms. The molecule has 0 fully saturated rings. The third-order valence-electron chi connectivity index (χ3n) is 3.28. The highest BCUT2D eigenvalue weighted by atomic mass is 16.1. The van der Waals surface area contributed by atoms with Gasteiger partial charge >= 0.3 is 0 Å². The second kappa shape index (κ2) is 6.55. The largest absolute Gasteiger partial charge is 0.383 e. The average molecular weight is 263 g/mol. The number of pyridine rings is 1. The fourth-order valence-corrected chi connectivity index (χ4v) is 1.48. The lowest BCUT2D eigenvalue weighted by Crippen LogP contribution is -2.41. The van der Waals surface area contributed by atoms with E-state index in [1.165, 1.54) is 0 Å². The first-order valence-electron chi connectivity index (χ1n) is 6.85. The van der Waals surface area contributed by atoms with Gasteiger partial charge in [-0.2, -0.15) is 0 Å². The molecule has 1 aromatic heterocycles. The summed E-state index contributed by atoms with van der Waals surface area (Å²) in [7, 11) is 0. The van der Waals surface area contributed by atoms with Crippen LogP contribution < -0.4 is 10.6 Å². The Hall–Kier alpha value is -1.58. The molecule has 0 radical (unpaired) electrons. The van der Waals surface area contributed by atoms with Crippen molar-refractivity contribution in [2.75, 3.05) is 11.9 Å². The van der Waals surface area contributed by atoms with Gasteiger partial charge in [-0.15, -0.1) is 0 Å². The number of amides is 1. The topological polar surface area (TPSA) is 54.0 Å². The molecular weight excluding hydrogens is 238 g/mol. The van der Waals surface area contributed by atoms with Crippen LogP contribution in [0, 0.1) is 5.41 Å². The van der Waals surface area contributed by atoms with Gasteiger partial charge in [-0.1, -0.05) is 27.7 Å². The molecule has 1 amide bonds. The lowest BCUT2D eigenvalue weighted by atomic mass is 9.88. The van der Waals surface area contributed by atoms with Crippen molar-refractivity contribution in [3.63, 3.8) is 0 Å². The van der Waals surface area contributed by atoms with Crippen LogP contribution in [0.5, 0.6) is 0 Å². The van der Waals surface area contributed by atoms with Gasteiger partial charge < -0.3 is 10.6 Å². The van der Waals surface area contributed by atoms with E-state index in [4.69, 9.17) is 0 Å². The van der Waals surface area contributed by atoms with E-state index in [2.05, 4.69) is 43.3 Å². The van der Waals surface area contributed by atoms with Crippen LogP contribution in [-0.2, 0) is 0 Å². The first-order chi connectivity index (χ1) is 8.86. The van der Waals surface area contributed by atoms with Crippen molar-refractivity contribution in [2.24, 2.45) is 5.41 Å². The van der Waals surface area contributed by atoms with Crippen molar-refractivity contribution in [2.45, 2.75) is 47.1 Å². The van der Waals surface area contributed by atoms with Gasteiger partial charge in [0, 0.05) is 18.8 Å². The molecule has 19 heavy (non-hydrogen) atoms. The van der Waals surface area contributed by atoms with Crippen molar-refractivity contribution < 1.29 is 4.79 Å². The van der Waals surface area contributed by atoms with E-state index in [1.54, 1.807) is 18.5 Å². The highest BCUT2D eigenvalue weighted by molar-refractivity contribution is 5.99. The van der Waals surface area contributed by atoms with E-state index in [0.717, 1.165) is 18.7 Å². The maximum atomic E-state index is 12.3. The average Bonchev–Trinajstić information content (AvgIpc) is 2.35. The molecular formula is C15H25N3O. The highest BCUT2D eigenvalue weighted by Gasteiger charge is 2.23. The van der Waals surface area contributed by atoms with Gasteiger partial charge in [0.1, 0.15) is 0 Å². The molecule has 106 valence electrons. The molecule has 0 saturated heterocycles. The predicted octanol–water partition coefficient (Wildman–Crippen LogP) is 3.07. The van der Waals surface area contributed by atoms with E-state index in [0.29, 0.717) is 5.56 Å². The first-order valence-corrected chi connectivity index (χ1v) is 6.85. The van der Waals surface area contributed by atoms with E-state index in [-0.39, 0.29) is 17.4 Å². The van der Waals surface area contributed by atoms with E-state index >= 15 is 0 Å². The molecule has 0 aliphatic carbocycles. The molecule has 1 aromatic rings. The molecule has 4 nitrogen and oxygen atoms in total. The van der Waals surface area contributed by atoms with Crippen LogP contribution in [0.3, 0.4) is 0 Å². The summed E-state index contributed by atoms with van der Waals surface area (Å²) in [5.41, 5.74) is 1.49. The monoisotopic (exact) mass is 263 g/mol. The minimum atomic E-state index is -0.0524. The number of hydrogen-bond donors (Lipinski definition) is 2. The smallest absolute Gasteiger partial charge is 0.253 e. The summed E-state index contributed by atoms with van der Waals surface area (Å²) >= 11 is 0. The fraction of sp³-hybridized carbons (Fsp3) is 0.600. The second-order valence-electron chi connectivity index (χ2n) is 5.91. The van der Waals surface area contributed by atoms with E-state index in [9.17, 15) is 4.79 Å². The molecule has 0 aromatic carbocycles. The molecule has 2 N–H and O–H groups in total. The van der Waals surface area contributed by atoms with Gasteiger partial charge in [0.05, 0.1) is 17.4 Å². The molecule has 1 rings (SSSR count). The molecule has 1 heterocycles. The Morgan fingerprint density at radius 1 is 1.42 bits per heavy atom. The maximum Gasteiger partial charge on any atom is 0.253 e. The van der Waals surface area contributed by atoms with Gasteiger partial charge in [0.2, 0.25) is 0 Å². The number of nitrogens with one attached hydrogen (secondary N) is 2. The van der Waals surface area contributed by atoms with Crippen LogP contribution >= 0.6 is 0 Å². The summed E-state index contributed by atoms with van der Waals surface area (Å²) in [6, 6.07) is 1.86. The van der Waals surface area contributed by atoms with Crippen molar-refractivity contribution in [3.05, 3.63) is 24.0 Å². The zero-order valence-electron chi connectivity index (χ0n) is 12.6. The van der Waals surface area contributed by atoms with Crippen molar-refractivity contribution >= 4 is 11.6 Å². The summed E-state index contributed by atoms with van der Waals surface area (Å²) in [6.07, 6.45) is 4.36. The van der Waals surface area contributed by atoms with Gasteiger partial charge in [-0.05, 0) is 24.8 Å². The number of aromatic nitrogens is 1. The maximum absolute atomic E-state index is 12.3. The zero-order chi connectivity index (χ0) is 14.5. The summed E-state index contributed by atoms with van der Waals surface area (Å²) in [5, 5.41) is 6.28. The Kier molecular flexibility index (Phi) is 5.33. The van der Waals surface area contributed by atoms with Crippen LogP contribution in [0.15, 0.2) is 18.5 Å². The Morgan fingerprint density at radius 2 is 2.11 bits per heavy atom. The van der Waals surface area contributed by atoms with Crippen LogP contribution in [0.4, 0.5) is 5.69 Å². The highest BCUT2D eigenvalue weighted by Crippen LogP contribution is 2.20. The molecule has 0 aliphatic rings. The first kappa shape index (κ1) is 15.5. The quantitative estimate of drug-likeness (QED) is 0.858. The fourth-order valence-electron chi connectivity index (χ4n) is 1.48. The van der Waals surface area contributed by atoms with Crippen molar-refractivity contribution in [3.8, 4) is 0 Å². The second-order valence-corrected chi connectivity index (χ2v) is 5.91. The van der Waals surface area contributed by atoms with Crippen molar-refractivity contribution in [1.82, 2.24) is 10.3 Å². The van der Waals surface area contributed by atoms with Gasteiger partial charge in [0.15, 0.2) is 0 Å². The Morgan fingerprint density at radius 3 is 2.68 bits per heavy atom. The third-order valence-corrected chi connectivity index (χ3v) is 3.28. The van der Waals surface area contributed by atoms with Crippen LogP contribution in [0.1, 0.15) is 51.4 Å². The Labute approximate surface area is 116 Å². The van der Waals surface area contributed by atoms with Crippen LogP contribution in [0.2, 0.25) is 0 Å². The van der Waals surface area contributed by atoms with Gasteiger partial charge in [0.25, 0.3) is 5.91 Å². The minimum Gasteiger partial charge on any atom is -0.383 e. The summed E-state index contributed by atoms with van der Waals surface area (Å²) in [4.78, 5) is 16.4. The normalized spacial score (nSPS) is 12.9.